The van der Waals surface area contributed by atoms with E-state index in [1.54, 1.807) is 11.8 Å². The van der Waals surface area contributed by atoms with Crippen LogP contribution >= 0.6 is 39.3 Å². The number of thioether (sulfide) groups is 1. The van der Waals surface area contributed by atoms with Crippen molar-refractivity contribution in [3.8, 4) is 0 Å². The highest BCUT2D eigenvalue weighted by Crippen LogP contribution is 2.27. The average Bonchev–Trinajstić information content (AvgIpc) is 2.73. The average molecular weight is 511 g/mol. The van der Waals surface area contributed by atoms with Gasteiger partial charge in [0, 0.05) is 64.4 Å². The molecule has 7 heteroatoms. The molecule has 0 aromatic heterocycles. The van der Waals surface area contributed by atoms with E-state index in [0.29, 0.717) is 23.2 Å². The zero-order valence-electron chi connectivity index (χ0n) is 17.8. The number of benzene rings is 2. The van der Waals surface area contributed by atoms with Crippen LogP contribution < -0.4 is 10.2 Å². The van der Waals surface area contributed by atoms with Crippen molar-refractivity contribution in [2.24, 2.45) is 0 Å². The molecule has 1 fully saturated rings. The molecule has 2 aromatic carbocycles. The number of amides is 1. The molecule has 1 saturated heterocycles. The Morgan fingerprint density at radius 1 is 1.17 bits per heavy atom. The number of halogens is 2. The molecule has 1 aliphatic heterocycles. The van der Waals surface area contributed by atoms with Gasteiger partial charge in [0.05, 0.1) is 0 Å². The largest absolute Gasteiger partial charge is 0.369 e. The number of nitrogens with zero attached hydrogens (tertiary/aromatic N) is 2. The number of anilines is 1. The Hall–Kier alpha value is -1.21. The van der Waals surface area contributed by atoms with Crippen molar-refractivity contribution in [1.29, 1.82) is 0 Å². The summed E-state index contributed by atoms with van der Waals surface area (Å²) in [7, 11) is 0. The Morgan fingerprint density at radius 3 is 2.57 bits per heavy atom. The molecular formula is C23H29BrClN3OS. The molecule has 1 aliphatic rings. The van der Waals surface area contributed by atoms with E-state index in [2.05, 4.69) is 57.9 Å². The van der Waals surface area contributed by atoms with Gasteiger partial charge in [0.25, 0.3) is 5.91 Å². The highest BCUT2D eigenvalue weighted by Gasteiger charge is 2.20. The molecule has 162 valence electrons. The summed E-state index contributed by atoms with van der Waals surface area (Å²) in [6.45, 7) is 11.1. The highest BCUT2D eigenvalue weighted by atomic mass is 79.9. The molecule has 0 aliphatic carbocycles. The molecular weight excluding hydrogens is 482 g/mol. The van der Waals surface area contributed by atoms with Crippen molar-refractivity contribution in [2.45, 2.75) is 38.3 Å². The van der Waals surface area contributed by atoms with Crippen LogP contribution in [0, 0.1) is 0 Å². The quantitative estimate of drug-likeness (QED) is 0.487. The third kappa shape index (κ3) is 6.16. The Balaban J connectivity index is 1.69. The molecule has 3 rings (SSSR count). The Labute approximate surface area is 197 Å². The van der Waals surface area contributed by atoms with Gasteiger partial charge in [-0.1, -0.05) is 34.5 Å². The van der Waals surface area contributed by atoms with Crippen LogP contribution in [0.25, 0.3) is 0 Å². The molecule has 0 spiro atoms. The number of rotatable bonds is 7. The summed E-state index contributed by atoms with van der Waals surface area (Å²) in [5, 5.41) is 3.75. The fraction of sp³-hybridized carbons (Fsp3) is 0.435. The molecule has 0 bridgehead atoms. The molecule has 0 saturated carbocycles. The first-order valence-electron chi connectivity index (χ1n) is 10.4. The standard InChI is InChI=1S/C23H29BrClN3OS/c1-4-30-22-6-5-20(25)12-18(22)15-26-23(29)17-11-19(24)14-21(13-17)28-9-7-27(8-10-28)16(2)3/h5-6,11-14,16H,4,7-10,15H2,1-3H3,(H,26,29). The predicted molar refractivity (Wildman–Crippen MR) is 132 cm³/mol. The first-order chi connectivity index (χ1) is 14.4. The van der Waals surface area contributed by atoms with E-state index < -0.39 is 0 Å². The van der Waals surface area contributed by atoms with Crippen molar-refractivity contribution in [3.63, 3.8) is 0 Å². The lowest BCUT2D eigenvalue weighted by molar-refractivity contribution is 0.0950. The van der Waals surface area contributed by atoms with Crippen LogP contribution in [-0.2, 0) is 6.54 Å². The summed E-state index contributed by atoms with van der Waals surface area (Å²) in [6.07, 6.45) is 0. The van der Waals surface area contributed by atoms with E-state index in [1.807, 2.05) is 30.3 Å². The van der Waals surface area contributed by atoms with Crippen molar-refractivity contribution in [2.75, 3.05) is 36.8 Å². The van der Waals surface area contributed by atoms with Crippen LogP contribution in [-0.4, -0.2) is 48.8 Å². The van der Waals surface area contributed by atoms with Crippen LogP contribution in [0.1, 0.15) is 36.7 Å². The lowest BCUT2D eigenvalue weighted by Crippen LogP contribution is -2.48. The van der Waals surface area contributed by atoms with E-state index in [4.69, 9.17) is 11.6 Å². The number of nitrogens with one attached hydrogen (secondary N) is 1. The Morgan fingerprint density at radius 2 is 1.90 bits per heavy atom. The molecule has 0 atom stereocenters. The minimum atomic E-state index is -0.0780. The van der Waals surface area contributed by atoms with E-state index in [-0.39, 0.29) is 5.91 Å². The minimum absolute atomic E-state index is 0.0780. The van der Waals surface area contributed by atoms with Crippen molar-refractivity contribution in [1.82, 2.24) is 10.2 Å². The predicted octanol–water partition coefficient (Wildman–Crippen LogP) is 5.67. The lowest BCUT2D eigenvalue weighted by atomic mass is 10.1. The maximum atomic E-state index is 12.9. The number of piperazine rings is 1. The molecule has 2 aromatic rings. The number of hydrogen-bond donors (Lipinski definition) is 1. The molecule has 0 unspecified atom stereocenters. The van der Waals surface area contributed by atoms with Gasteiger partial charge < -0.3 is 10.2 Å². The van der Waals surface area contributed by atoms with Gasteiger partial charge >= 0.3 is 0 Å². The van der Waals surface area contributed by atoms with Gasteiger partial charge in [-0.3, -0.25) is 9.69 Å². The van der Waals surface area contributed by atoms with Gasteiger partial charge in [-0.25, -0.2) is 0 Å². The smallest absolute Gasteiger partial charge is 0.251 e. The van der Waals surface area contributed by atoms with E-state index in [1.165, 1.54) is 0 Å². The van der Waals surface area contributed by atoms with E-state index in [0.717, 1.165) is 52.6 Å². The highest BCUT2D eigenvalue weighted by molar-refractivity contribution is 9.10. The zero-order chi connectivity index (χ0) is 21.7. The van der Waals surface area contributed by atoms with Gasteiger partial charge in [0.2, 0.25) is 0 Å². The monoisotopic (exact) mass is 509 g/mol. The van der Waals surface area contributed by atoms with E-state index >= 15 is 0 Å². The normalized spacial score (nSPS) is 14.9. The van der Waals surface area contributed by atoms with Crippen LogP contribution in [0.4, 0.5) is 5.69 Å². The topological polar surface area (TPSA) is 35.6 Å². The van der Waals surface area contributed by atoms with Crippen molar-refractivity contribution >= 4 is 50.9 Å². The molecule has 1 amide bonds. The Bertz CT molecular complexity index is 885. The maximum absolute atomic E-state index is 12.9. The third-order valence-electron chi connectivity index (χ3n) is 5.32. The second-order valence-electron chi connectivity index (χ2n) is 7.68. The third-order valence-corrected chi connectivity index (χ3v) is 7.01. The number of hydrogen-bond acceptors (Lipinski definition) is 4. The van der Waals surface area contributed by atoms with Gasteiger partial charge in [-0.15, -0.1) is 11.8 Å². The van der Waals surface area contributed by atoms with Crippen LogP contribution in [0.2, 0.25) is 5.02 Å². The summed E-state index contributed by atoms with van der Waals surface area (Å²) in [5.41, 5.74) is 2.79. The minimum Gasteiger partial charge on any atom is -0.369 e. The fourth-order valence-corrected chi connectivity index (χ4v) is 5.11. The van der Waals surface area contributed by atoms with Gasteiger partial charge in [0.15, 0.2) is 0 Å². The molecule has 1 N–H and O–H groups in total. The summed E-state index contributed by atoms with van der Waals surface area (Å²) in [6, 6.07) is 12.4. The Kier molecular flexibility index (Phi) is 8.52. The van der Waals surface area contributed by atoms with Crippen LogP contribution in [0.5, 0.6) is 0 Å². The van der Waals surface area contributed by atoms with E-state index in [9.17, 15) is 4.79 Å². The summed E-state index contributed by atoms with van der Waals surface area (Å²) in [5.74, 6) is 0.896. The summed E-state index contributed by atoms with van der Waals surface area (Å²) in [4.78, 5) is 18.9. The second kappa shape index (κ2) is 10.9. The van der Waals surface area contributed by atoms with Crippen molar-refractivity contribution < 1.29 is 4.79 Å². The maximum Gasteiger partial charge on any atom is 0.251 e. The first-order valence-corrected chi connectivity index (χ1v) is 12.5. The fourth-order valence-electron chi connectivity index (χ4n) is 3.64. The first kappa shape index (κ1) is 23.5. The number of carbonyl (C=O) groups excluding carboxylic acids is 1. The van der Waals surface area contributed by atoms with Crippen LogP contribution in [0.3, 0.4) is 0 Å². The van der Waals surface area contributed by atoms with Gasteiger partial charge in [0.1, 0.15) is 0 Å². The molecule has 1 heterocycles. The van der Waals surface area contributed by atoms with Crippen molar-refractivity contribution in [3.05, 3.63) is 57.0 Å². The van der Waals surface area contributed by atoms with Crippen LogP contribution in [0.15, 0.2) is 45.8 Å². The zero-order valence-corrected chi connectivity index (χ0v) is 20.9. The van der Waals surface area contributed by atoms with Gasteiger partial charge in [-0.05, 0) is 61.6 Å². The summed E-state index contributed by atoms with van der Waals surface area (Å²) >= 11 is 11.5. The number of carbonyl (C=O) groups is 1. The second-order valence-corrected chi connectivity index (χ2v) is 10.3. The molecule has 0 radical (unpaired) electrons. The molecule has 4 nitrogen and oxygen atoms in total. The lowest BCUT2D eigenvalue weighted by Gasteiger charge is -2.38. The summed E-state index contributed by atoms with van der Waals surface area (Å²) < 4.78 is 0.918. The molecule has 30 heavy (non-hydrogen) atoms. The van der Waals surface area contributed by atoms with Gasteiger partial charge in [-0.2, -0.15) is 0 Å². The SMILES string of the molecule is CCSc1ccc(Cl)cc1CNC(=O)c1cc(Br)cc(N2CCN(C(C)C)CC2)c1.